The van der Waals surface area contributed by atoms with Crippen LogP contribution in [0.15, 0.2) is 48.5 Å². The normalized spacial score (nSPS) is 14.5. The first kappa shape index (κ1) is 20.0. The maximum absolute atomic E-state index is 12.5. The van der Waals surface area contributed by atoms with Gasteiger partial charge in [-0.3, -0.25) is 4.79 Å². The summed E-state index contributed by atoms with van der Waals surface area (Å²) in [6, 6.07) is 14.0. The van der Waals surface area contributed by atoms with Crippen LogP contribution in [0.2, 0.25) is 0 Å². The Bertz CT molecular complexity index is 822. The van der Waals surface area contributed by atoms with Gasteiger partial charge >= 0.3 is 0 Å². The van der Waals surface area contributed by atoms with E-state index in [2.05, 4.69) is 36.2 Å². The first-order chi connectivity index (χ1) is 13.6. The minimum Gasteiger partial charge on any atom is -0.497 e. The zero-order chi connectivity index (χ0) is 19.9. The standard InChI is InChI=1S/C23H28N2O3/c1-17(2)19-7-4-18(5-8-19)6-11-23(26)24-21-16-20(27-3)9-10-22(21)25-12-14-28-15-13-25/h4-11,16-17H,12-15H2,1-3H3,(H,24,26)/b11-6+. The molecule has 0 aromatic heterocycles. The zero-order valence-corrected chi connectivity index (χ0v) is 16.8. The topological polar surface area (TPSA) is 50.8 Å². The smallest absolute Gasteiger partial charge is 0.248 e. The monoisotopic (exact) mass is 380 g/mol. The van der Waals surface area contributed by atoms with Crippen LogP contribution in [-0.4, -0.2) is 39.3 Å². The Morgan fingerprint density at radius 2 is 1.86 bits per heavy atom. The molecule has 0 spiro atoms. The van der Waals surface area contributed by atoms with Crippen molar-refractivity contribution in [2.75, 3.05) is 43.6 Å². The highest BCUT2D eigenvalue weighted by molar-refractivity contribution is 6.04. The Morgan fingerprint density at radius 3 is 2.50 bits per heavy atom. The fraction of sp³-hybridized carbons (Fsp3) is 0.348. The molecule has 0 unspecified atom stereocenters. The van der Waals surface area contributed by atoms with Gasteiger partial charge in [-0.1, -0.05) is 38.1 Å². The molecule has 148 valence electrons. The van der Waals surface area contributed by atoms with Gasteiger partial charge in [-0.05, 0) is 35.3 Å². The Morgan fingerprint density at radius 1 is 1.14 bits per heavy atom. The van der Waals surface area contributed by atoms with E-state index in [1.54, 1.807) is 13.2 Å². The van der Waals surface area contributed by atoms with Crippen molar-refractivity contribution in [2.24, 2.45) is 0 Å². The van der Waals surface area contributed by atoms with Crippen molar-refractivity contribution in [3.8, 4) is 5.75 Å². The minimum atomic E-state index is -0.171. The largest absolute Gasteiger partial charge is 0.497 e. The molecule has 1 fully saturated rings. The molecule has 1 saturated heterocycles. The van der Waals surface area contributed by atoms with Gasteiger partial charge in [0.15, 0.2) is 0 Å². The van der Waals surface area contributed by atoms with Gasteiger partial charge in [0.25, 0.3) is 0 Å². The molecular formula is C23H28N2O3. The van der Waals surface area contributed by atoms with Crippen LogP contribution in [-0.2, 0) is 9.53 Å². The lowest BCUT2D eigenvalue weighted by atomic mass is 10.0. The van der Waals surface area contributed by atoms with Crippen molar-refractivity contribution in [1.82, 2.24) is 0 Å². The Labute approximate surface area is 167 Å². The van der Waals surface area contributed by atoms with Crippen LogP contribution >= 0.6 is 0 Å². The van der Waals surface area contributed by atoms with E-state index in [9.17, 15) is 4.79 Å². The van der Waals surface area contributed by atoms with Crippen LogP contribution in [0.3, 0.4) is 0 Å². The zero-order valence-electron chi connectivity index (χ0n) is 16.8. The summed E-state index contributed by atoms with van der Waals surface area (Å²) in [6.07, 6.45) is 3.39. The van der Waals surface area contributed by atoms with Gasteiger partial charge in [-0.25, -0.2) is 0 Å². The number of hydrogen-bond acceptors (Lipinski definition) is 4. The molecule has 2 aromatic rings. The quantitative estimate of drug-likeness (QED) is 0.759. The second kappa shape index (κ2) is 9.42. The van der Waals surface area contributed by atoms with Crippen LogP contribution in [0.1, 0.15) is 30.9 Å². The Kier molecular flexibility index (Phi) is 6.71. The average Bonchev–Trinajstić information content (AvgIpc) is 2.73. The summed E-state index contributed by atoms with van der Waals surface area (Å²) < 4.78 is 10.8. The van der Waals surface area contributed by atoms with Crippen molar-refractivity contribution in [2.45, 2.75) is 19.8 Å². The van der Waals surface area contributed by atoms with Gasteiger partial charge in [0, 0.05) is 25.2 Å². The number of hydrogen-bond donors (Lipinski definition) is 1. The van der Waals surface area contributed by atoms with E-state index in [4.69, 9.17) is 9.47 Å². The number of benzene rings is 2. The van der Waals surface area contributed by atoms with Gasteiger partial charge in [0.05, 0.1) is 31.7 Å². The highest BCUT2D eigenvalue weighted by Crippen LogP contribution is 2.31. The maximum Gasteiger partial charge on any atom is 0.248 e. The highest BCUT2D eigenvalue weighted by Gasteiger charge is 2.16. The SMILES string of the molecule is COc1ccc(N2CCOCC2)c(NC(=O)/C=C/c2ccc(C(C)C)cc2)c1. The number of carbonyl (C=O) groups is 1. The highest BCUT2D eigenvalue weighted by atomic mass is 16.5. The van der Waals surface area contributed by atoms with Gasteiger partial charge in [-0.15, -0.1) is 0 Å². The number of carbonyl (C=O) groups excluding carboxylic acids is 1. The van der Waals surface area contributed by atoms with Crippen molar-refractivity contribution < 1.29 is 14.3 Å². The molecule has 3 rings (SSSR count). The number of methoxy groups -OCH3 is 1. The molecule has 1 heterocycles. The second-order valence-electron chi connectivity index (χ2n) is 7.13. The Balaban J connectivity index is 1.73. The minimum absolute atomic E-state index is 0.171. The summed E-state index contributed by atoms with van der Waals surface area (Å²) in [7, 11) is 1.62. The average molecular weight is 380 g/mol. The predicted molar refractivity (Wildman–Crippen MR) is 114 cm³/mol. The lowest BCUT2D eigenvalue weighted by molar-refractivity contribution is -0.111. The van der Waals surface area contributed by atoms with Gasteiger partial charge in [0.2, 0.25) is 5.91 Å². The number of anilines is 2. The molecule has 0 bridgehead atoms. The molecule has 0 atom stereocenters. The van der Waals surface area contributed by atoms with Crippen molar-refractivity contribution >= 4 is 23.4 Å². The summed E-state index contributed by atoms with van der Waals surface area (Å²) in [5, 5.41) is 2.99. The van der Waals surface area contributed by atoms with Crippen LogP contribution < -0.4 is 15.0 Å². The molecule has 0 saturated carbocycles. The summed E-state index contributed by atoms with van der Waals surface area (Å²) in [4.78, 5) is 14.7. The van der Waals surface area contributed by atoms with E-state index in [1.165, 1.54) is 5.56 Å². The van der Waals surface area contributed by atoms with Crippen molar-refractivity contribution in [3.05, 3.63) is 59.7 Å². The molecule has 1 N–H and O–H groups in total. The molecular weight excluding hydrogens is 352 g/mol. The first-order valence-electron chi connectivity index (χ1n) is 9.66. The lowest BCUT2D eigenvalue weighted by Gasteiger charge is -2.30. The van der Waals surface area contributed by atoms with E-state index in [-0.39, 0.29) is 5.91 Å². The number of amides is 1. The van der Waals surface area contributed by atoms with Gasteiger partial charge in [0.1, 0.15) is 5.75 Å². The lowest BCUT2D eigenvalue weighted by Crippen LogP contribution is -2.36. The third-order valence-corrected chi connectivity index (χ3v) is 4.84. The molecule has 5 heteroatoms. The van der Waals surface area contributed by atoms with E-state index >= 15 is 0 Å². The number of ether oxygens (including phenoxy) is 2. The van der Waals surface area contributed by atoms with Crippen LogP contribution in [0.5, 0.6) is 5.75 Å². The summed E-state index contributed by atoms with van der Waals surface area (Å²) in [5.74, 6) is 1.03. The van der Waals surface area contributed by atoms with Crippen molar-refractivity contribution in [3.63, 3.8) is 0 Å². The fourth-order valence-corrected chi connectivity index (χ4v) is 3.16. The molecule has 0 radical (unpaired) electrons. The predicted octanol–water partition coefficient (Wildman–Crippen LogP) is 4.31. The number of nitrogens with zero attached hydrogens (tertiary/aromatic N) is 1. The first-order valence-corrected chi connectivity index (χ1v) is 9.66. The summed E-state index contributed by atoms with van der Waals surface area (Å²) in [5.41, 5.74) is 4.00. The molecule has 1 aliphatic rings. The second-order valence-corrected chi connectivity index (χ2v) is 7.13. The van der Waals surface area contributed by atoms with Crippen LogP contribution in [0, 0.1) is 0 Å². The number of morpholine rings is 1. The number of nitrogens with one attached hydrogen (secondary N) is 1. The van der Waals surface area contributed by atoms with E-state index in [1.807, 2.05) is 36.4 Å². The molecule has 28 heavy (non-hydrogen) atoms. The van der Waals surface area contributed by atoms with Gasteiger partial charge in [-0.2, -0.15) is 0 Å². The molecule has 2 aromatic carbocycles. The molecule has 0 aliphatic carbocycles. The fourth-order valence-electron chi connectivity index (χ4n) is 3.16. The van der Waals surface area contributed by atoms with Crippen LogP contribution in [0.4, 0.5) is 11.4 Å². The van der Waals surface area contributed by atoms with Crippen molar-refractivity contribution in [1.29, 1.82) is 0 Å². The van der Waals surface area contributed by atoms with Crippen LogP contribution in [0.25, 0.3) is 6.08 Å². The molecule has 1 aliphatic heterocycles. The summed E-state index contributed by atoms with van der Waals surface area (Å²) >= 11 is 0. The molecule has 1 amide bonds. The van der Waals surface area contributed by atoms with Gasteiger partial charge < -0.3 is 19.7 Å². The summed E-state index contributed by atoms with van der Waals surface area (Å²) in [6.45, 7) is 7.30. The number of rotatable bonds is 6. The third-order valence-electron chi connectivity index (χ3n) is 4.84. The van der Waals surface area contributed by atoms with E-state index in [0.29, 0.717) is 24.9 Å². The maximum atomic E-state index is 12.5. The Hall–Kier alpha value is -2.79. The third kappa shape index (κ3) is 5.14. The van der Waals surface area contributed by atoms with E-state index < -0.39 is 0 Å². The van der Waals surface area contributed by atoms with E-state index in [0.717, 1.165) is 30.0 Å². The molecule has 5 nitrogen and oxygen atoms in total.